The Morgan fingerprint density at radius 3 is 2.14 bits per heavy atom. The van der Waals surface area contributed by atoms with E-state index in [1.165, 1.54) is 68.9 Å². The summed E-state index contributed by atoms with van der Waals surface area (Å²) in [6, 6.07) is 18.7. The average Bonchev–Trinajstić information content (AvgIpc) is 3.06. The first kappa shape index (κ1) is 29.0. The van der Waals surface area contributed by atoms with Crippen molar-refractivity contribution in [3.8, 4) is 0 Å². The van der Waals surface area contributed by atoms with Crippen LogP contribution in [-0.2, 0) is 10.1 Å². The van der Waals surface area contributed by atoms with Crippen LogP contribution in [0.25, 0.3) is 5.70 Å². The summed E-state index contributed by atoms with van der Waals surface area (Å²) in [5.41, 5.74) is 4.31. The number of amides is 1. The molecule has 1 heterocycles. The van der Waals surface area contributed by atoms with Gasteiger partial charge in [-0.15, -0.1) is 0 Å². The van der Waals surface area contributed by atoms with Crippen LogP contribution in [0.15, 0.2) is 60.2 Å². The van der Waals surface area contributed by atoms with Gasteiger partial charge in [-0.3, -0.25) is 0 Å². The van der Waals surface area contributed by atoms with Gasteiger partial charge < -0.3 is 0 Å². The molecule has 0 saturated carbocycles. The first-order valence-electron chi connectivity index (χ1n) is 13.9. The van der Waals surface area contributed by atoms with E-state index < -0.39 is 5.41 Å². The number of carbonyl (C=O) groups is 1. The van der Waals surface area contributed by atoms with Gasteiger partial charge >= 0.3 is 206 Å². The molecule has 1 aliphatic heterocycles. The molecule has 1 unspecified atom stereocenters. The van der Waals surface area contributed by atoms with Crippen molar-refractivity contribution >= 4 is 38.2 Å². The molecule has 1 amide bonds. The third-order valence-electron chi connectivity index (χ3n) is 7.51. The van der Waals surface area contributed by atoms with E-state index in [1.54, 1.807) is 0 Å². The summed E-state index contributed by atoms with van der Waals surface area (Å²) in [6.45, 7) is 7.41. The number of carbonyl (C=O) groups excluding carboxylic acids is 1. The monoisotopic (exact) mass is 573 g/mol. The van der Waals surface area contributed by atoms with Gasteiger partial charge in [0, 0.05) is 0 Å². The maximum absolute atomic E-state index is 13.9. The molecule has 196 valence electrons. The normalized spacial score (nSPS) is 17.9. The van der Waals surface area contributed by atoms with Gasteiger partial charge in [0.2, 0.25) is 0 Å². The molecule has 1 aliphatic rings. The molecular formula is C32H44ClNOSe. The maximum atomic E-state index is 13.9. The minimum absolute atomic E-state index is 0.279. The van der Waals surface area contributed by atoms with Crippen LogP contribution in [0.1, 0.15) is 96.1 Å². The topological polar surface area (TPSA) is 20.3 Å². The molecule has 2 aromatic carbocycles. The van der Waals surface area contributed by atoms with Crippen LogP contribution < -0.4 is 0 Å². The molecule has 0 N–H and O–H groups in total. The number of nitrogens with zero attached hydrogens (tertiary/aromatic N) is 1. The van der Waals surface area contributed by atoms with Gasteiger partial charge in [0.1, 0.15) is 0 Å². The van der Waals surface area contributed by atoms with Crippen molar-refractivity contribution in [2.45, 2.75) is 95.6 Å². The Hall–Kier alpha value is -1.54. The Morgan fingerprint density at radius 1 is 0.861 bits per heavy atom. The van der Waals surface area contributed by atoms with Crippen LogP contribution in [0.5, 0.6) is 0 Å². The predicted octanol–water partition coefficient (Wildman–Crippen LogP) is 9.16. The molecule has 0 fully saturated rings. The van der Waals surface area contributed by atoms with Crippen LogP contribution in [0.3, 0.4) is 0 Å². The summed E-state index contributed by atoms with van der Waals surface area (Å²) in [6.07, 6.45) is 13.0. The SMILES string of the molecule is CCCCCCCCCCCCN1C(=O)C(C)(C[Se]Cc2ccccc2)C(C)=C1c1cccc(Cl)c1. The third-order valence-corrected chi connectivity index (χ3v) is 10.5. The number of rotatable bonds is 16. The quantitative estimate of drug-likeness (QED) is 0.145. The van der Waals surface area contributed by atoms with E-state index in [9.17, 15) is 4.79 Å². The van der Waals surface area contributed by atoms with Crippen LogP contribution in [0.2, 0.25) is 10.3 Å². The van der Waals surface area contributed by atoms with E-state index in [0.29, 0.717) is 15.0 Å². The van der Waals surface area contributed by atoms with Crippen molar-refractivity contribution < 1.29 is 4.79 Å². The van der Waals surface area contributed by atoms with Crippen molar-refractivity contribution in [1.82, 2.24) is 4.90 Å². The van der Waals surface area contributed by atoms with Gasteiger partial charge in [-0.1, -0.05) is 26.2 Å². The second kappa shape index (κ2) is 15.0. The van der Waals surface area contributed by atoms with Gasteiger partial charge in [-0.05, 0) is 0 Å². The van der Waals surface area contributed by atoms with Crippen molar-refractivity contribution in [2.24, 2.45) is 5.41 Å². The fourth-order valence-corrected chi connectivity index (χ4v) is 7.99. The Kier molecular flexibility index (Phi) is 12.1. The Balaban J connectivity index is 1.61. The molecule has 2 aromatic rings. The second-order valence-corrected chi connectivity index (χ2v) is 12.9. The summed E-state index contributed by atoms with van der Waals surface area (Å²) >= 11 is 6.73. The molecule has 0 spiro atoms. The molecule has 0 radical (unpaired) electrons. The first-order chi connectivity index (χ1) is 17.5. The molecule has 0 aliphatic carbocycles. The molecule has 0 saturated heterocycles. The van der Waals surface area contributed by atoms with E-state index in [4.69, 9.17) is 11.6 Å². The molecule has 1 atom stereocenters. The zero-order chi connectivity index (χ0) is 25.8. The number of hydrogen-bond acceptors (Lipinski definition) is 1. The zero-order valence-electron chi connectivity index (χ0n) is 22.5. The van der Waals surface area contributed by atoms with Crippen molar-refractivity contribution in [3.63, 3.8) is 0 Å². The van der Waals surface area contributed by atoms with E-state index in [0.717, 1.165) is 39.9 Å². The van der Waals surface area contributed by atoms with Crippen molar-refractivity contribution in [2.75, 3.05) is 6.54 Å². The zero-order valence-corrected chi connectivity index (χ0v) is 25.0. The van der Waals surface area contributed by atoms with Crippen LogP contribution in [0.4, 0.5) is 0 Å². The van der Waals surface area contributed by atoms with Gasteiger partial charge in [-0.2, -0.15) is 0 Å². The van der Waals surface area contributed by atoms with Crippen molar-refractivity contribution in [3.05, 3.63) is 76.3 Å². The van der Waals surface area contributed by atoms with E-state index in [2.05, 4.69) is 62.1 Å². The molecule has 4 heteroatoms. The summed E-state index contributed by atoms with van der Waals surface area (Å²) in [5.74, 6) is 0.279. The third kappa shape index (κ3) is 7.98. The molecule has 0 bridgehead atoms. The Morgan fingerprint density at radius 2 is 1.50 bits per heavy atom. The predicted molar refractivity (Wildman–Crippen MR) is 156 cm³/mol. The van der Waals surface area contributed by atoms with Crippen LogP contribution in [-0.4, -0.2) is 32.3 Å². The number of benzene rings is 2. The summed E-state index contributed by atoms with van der Waals surface area (Å²) < 4.78 is 0. The standard InChI is InChI=1S/C32H44ClNOSe/c1-4-5-6-7-8-9-10-11-12-16-22-34-30(28-20-17-21-29(33)23-28)26(2)32(3,31(34)35)25-36-24-27-18-14-13-15-19-27/h13-15,17-21,23H,4-12,16,22,24-25H2,1-3H3. The molecular weight excluding hydrogens is 529 g/mol. The Bertz CT molecular complexity index is 989. The Labute approximate surface area is 231 Å². The number of halogens is 1. The minimum atomic E-state index is -0.426. The van der Waals surface area contributed by atoms with Crippen molar-refractivity contribution in [1.29, 1.82) is 0 Å². The van der Waals surface area contributed by atoms with E-state index in [1.807, 2.05) is 18.2 Å². The van der Waals surface area contributed by atoms with E-state index in [-0.39, 0.29) is 5.91 Å². The fraction of sp³-hybridized carbons (Fsp3) is 0.531. The molecule has 0 aromatic heterocycles. The van der Waals surface area contributed by atoms with Gasteiger partial charge in [0.25, 0.3) is 0 Å². The first-order valence-corrected chi connectivity index (χ1v) is 16.7. The summed E-state index contributed by atoms with van der Waals surface area (Å²) in [7, 11) is 0. The van der Waals surface area contributed by atoms with Gasteiger partial charge in [0.15, 0.2) is 0 Å². The molecule has 36 heavy (non-hydrogen) atoms. The molecule has 2 nitrogen and oxygen atoms in total. The fourth-order valence-electron chi connectivity index (χ4n) is 5.12. The number of hydrogen-bond donors (Lipinski definition) is 0. The summed E-state index contributed by atoms with van der Waals surface area (Å²) in [5, 5.41) is 2.72. The van der Waals surface area contributed by atoms with Gasteiger partial charge in [0.05, 0.1) is 0 Å². The van der Waals surface area contributed by atoms with Crippen LogP contribution in [0, 0.1) is 5.41 Å². The van der Waals surface area contributed by atoms with Crippen LogP contribution >= 0.6 is 11.6 Å². The summed E-state index contributed by atoms with van der Waals surface area (Å²) in [4.78, 5) is 16.0. The molecule has 3 rings (SSSR count). The van der Waals surface area contributed by atoms with E-state index >= 15 is 0 Å². The van der Waals surface area contributed by atoms with Gasteiger partial charge in [-0.25, -0.2) is 0 Å². The average molecular weight is 573 g/mol. The number of unbranched alkanes of at least 4 members (excludes halogenated alkanes) is 9. The second-order valence-electron chi connectivity index (χ2n) is 10.4.